The predicted molar refractivity (Wildman–Crippen MR) is 117 cm³/mol. The van der Waals surface area contributed by atoms with Gasteiger partial charge in [0.25, 0.3) is 5.91 Å². The van der Waals surface area contributed by atoms with Crippen molar-refractivity contribution in [3.63, 3.8) is 0 Å². The average molecular weight is 404 g/mol. The molecule has 6 heteroatoms. The van der Waals surface area contributed by atoms with Crippen molar-refractivity contribution in [2.75, 3.05) is 24.4 Å². The Morgan fingerprint density at radius 1 is 0.767 bits per heavy atom. The van der Waals surface area contributed by atoms with Gasteiger partial charge in [-0.2, -0.15) is 0 Å². The highest BCUT2D eigenvalue weighted by molar-refractivity contribution is 5.94. The molecule has 0 bridgehead atoms. The van der Waals surface area contributed by atoms with Crippen LogP contribution in [-0.2, 0) is 16.0 Å². The van der Waals surface area contributed by atoms with Crippen molar-refractivity contribution in [1.29, 1.82) is 0 Å². The molecule has 0 saturated heterocycles. The number of carbonyl (C=O) groups excluding carboxylic acids is 2. The van der Waals surface area contributed by atoms with Crippen molar-refractivity contribution >= 4 is 23.2 Å². The number of benzene rings is 3. The van der Waals surface area contributed by atoms with Gasteiger partial charge in [-0.3, -0.25) is 9.59 Å². The molecule has 0 radical (unpaired) electrons. The minimum absolute atomic E-state index is 0.0785. The number of rotatable bonds is 9. The van der Waals surface area contributed by atoms with Crippen molar-refractivity contribution < 1.29 is 19.1 Å². The van der Waals surface area contributed by atoms with Crippen LogP contribution in [0.3, 0.4) is 0 Å². The van der Waals surface area contributed by atoms with E-state index < -0.39 is 0 Å². The van der Waals surface area contributed by atoms with Gasteiger partial charge in [0.15, 0.2) is 6.61 Å². The maximum Gasteiger partial charge on any atom is 0.262 e. The van der Waals surface area contributed by atoms with Crippen molar-refractivity contribution in [2.24, 2.45) is 0 Å². The molecule has 0 fully saturated rings. The fraction of sp³-hybridized carbons (Fsp3) is 0.167. The summed E-state index contributed by atoms with van der Waals surface area (Å²) in [4.78, 5) is 24.4. The van der Waals surface area contributed by atoms with Crippen LogP contribution in [-0.4, -0.2) is 25.5 Å². The van der Waals surface area contributed by atoms with E-state index in [2.05, 4.69) is 10.6 Å². The Morgan fingerprint density at radius 2 is 1.40 bits per heavy atom. The molecule has 0 spiro atoms. The lowest BCUT2D eigenvalue weighted by atomic mass is 10.1. The molecule has 3 rings (SSSR count). The van der Waals surface area contributed by atoms with Gasteiger partial charge < -0.3 is 20.1 Å². The first-order valence-electron chi connectivity index (χ1n) is 9.63. The topological polar surface area (TPSA) is 76.7 Å². The van der Waals surface area contributed by atoms with Gasteiger partial charge in [-0.25, -0.2) is 0 Å². The number of carbonyl (C=O) groups is 2. The monoisotopic (exact) mass is 404 g/mol. The SMILES string of the molecule is COc1ccc(OCC(=O)Nc2cccc(NC(=O)CCc3ccccc3)c2)cc1. The van der Waals surface area contributed by atoms with Crippen molar-refractivity contribution in [3.05, 3.63) is 84.4 Å². The molecule has 6 nitrogen and oxygen atoms in total. The molecule has 154 valence electrons. The van der Waals surface area contributed by atoms with E-state index in [4.69, 9.17) is 9.47 Å². The fourth-order valence-electron chi connectivity index (χ4n) is 2.82. The first-order valence-corrected chi connectivity index (χ1v) is 9.63. The van der Waals surface area contributed by atoms with E-state index in [1.54, 1.807) is 55.6 Å². The lowest BCUT2D eigenvalue weighted by Gasteiger charge is -2.10. The molecule has 0 aromatic heterocycles. The van der Waals surface area contributed by atoms with Gasteiger partial charge in [0, 0.05) is 17.8 Å². The summed E-state index contributed by atoms with van der Waals surface area (Å²) in [7, 11) is 1.59. The maximum absolute atomic E-state index is 12.2. The molecule has 0 saturated carbocycles. The fourth-order valence-corrected chi connectivity index (χ4v) is 2.82. The standard InChI is InChI=1S/C24H24N2O4/c1-29-21-11-13-22(14-12-21)30-17-24(28)26-20-9-5-8-19(16-20)25-23(27)15-10-18-6-3-2-4-7-18/h2-9,11-14,16H,10,15,17H2,1H3,(H,25,27)(H,26,28). The third-order valence-electron chi connectivity index (χ3n) is 4.34. The summed E-state index contributed by atoms with van der Waals surface area (Å²) in [6.07, 6.45) is 1.06. The minimum atomic E-state index is -0.293. The lowest BCUT2D eigenvalue weighted by Crippen LogP contribution is -2.20. The van der Waals surface area contributed by atoms with Crippen LogP contribution < -0.4 is 20.1 Å². The molecule has 0 heterocycles. The highest BCUT2D eigenvalue weighted by Crippen LogP contribution is 2.18. The average Bonchev–Trinajstić information content (AvgIpc) is 2.77. The van der Waals surface area contributed by atoms with Crippen LogP contribution in [0.4, 0.5) is 11.4 Å². The highest BCUT2D eigenvalue weighted by Gasteiger charge is 2.07. The van der Waals surface area contributed by atoms with Crippen molar-refractivity contribution in [1.82, 2.24) is 0 Å². The zero-order chi connectivity index (χ0) is 21.2. The van der Waals surface area contributed by atoms with Crippen molar-refractivity contribution in [3.8, 4) is 11.5 Å². The molecular weight excluding hydrogens is 380 g/mol. The van der Waals surface area contributed by atoms with Gasteiger partial charge in [-0.05, 0) is 54.4 Å². The van der Waals surface area contributed by atoms with Crippen molar-refractivity contribution in [2.45, 2.75) is 12.8 Å². The van der Waals surface area contributed by atoms with Crippen LogP contribution >= 0.6 is 0 Å². The van der Waals surface area contributed by atoms with Crippen LogP contribution in [0.1, 0.15) is 12.0 Å². The summed E-state index contributed by atoms with van der Waals surface area (Å²) in [6.45, 7) is -0.125. The molecule has 3 aromatic carbocycles. The molecule has 0 unspecified atom stereocenters. The second kappa shape index (κ2) is 10.7. The lowest BCUT2D eigenvalue weighted by molar-refractivity contribution is -0.118. The van der Waals surface area contributed by atoms with Gasteiger partial charge >= 0.3 is 0 Å². The van der Waals surface area contributed by atoms with E-state index in [-0.39, 0.29) is 18.4 Å². The number of hydrogen-bond donors (Lipinski definition) is 2. The second-order valence-corrected chi connectivity index (χ2v) is 6.63. The number of ether oxygens (including phenoxy) is 2. The van der Waals surface area contributed by atoms with E-state index in [1.807, 2.05) is 30.3 Å². The smallest absolute Gasteiger partial charge is 0.262 e. The molecule has 2 N–H and O–H groups in total. The minimum Gasteiger partial charge on any atom is -0.497 e. The molecule has 0 aliphatic heterocycles. The van der Waals surface area contributed by atoms with Crippen LogP contribution in [0.5, 0.6) is 11.5 Å². The van der Waals surface area contributed by atoms with E-state index in [9.17, 15) is 9.59 Å². The molecule has 0 atom stereocenters. The van der Waals surface area contributed by atoms with Gasteiger partial charge in [0.1, 0.15) is 11.5 Å². The zero-order valence-electron chi connectivity index (χ0n) is 16.8. The summed E-state index contributed by atoms with van der Waals surface area (Å²) in [5.41, 5.74) is 2.33. The Kier molecular flexibility index (Phi) is 7.44. The molecule has 3 aromatic rings. The Morgan fingerprint density at radius 3 is 2.07 bits per heavy atom. The van der Waals surface area contributed by atoms with Crippen LogP contribution in [0.15, 0.2) is 78.9 Å². The Balaban J connectivity index is 1.46. The van der Waals surface area contributed by atoms with E-state index in [0.717, 1.165) is 11.3 Å². The van der Waals surface area contributed by atoms with Gasteiger partial charge in [0.05, 0.1) is 7.11 Å². The van der Waals surface area contributed by atoms with Crippen LogP contribution in [0.25, 0.3) is 0 Å². The summed E-state index contributed by atoms with van der Waals surface area (Å²) in [5, 5.41) is 5.63. The van der Waals surface area contributed by atoms with Gasteiger partial charge in [-0.1, -0.05) is 36.4 Å². The Bertz CT molecular complexity index is 972. The molecular formula is C24H24N2O4. The number of hydrogen-bond acceptors (Lipinski definition) is 4. The third kappa shape index (κ3) is 6.67. The van der Waals surface area contributed by atoms with Gasteiger partial charge in [-0.15, -0.1) is 0 Å². The molecule has 0 aliphatic carbocycles. The molecule has 0 aliphatic rings. The number of nitrogens with one attached hydrogen (secondary N) is 2. The van der Waals surface area contributed by atoms with Crippen LogP contribution in [0.2, 0.25) is 0 Å². The maximum atomic E-state index is 12.2. The number of anilines is 2. The quantitative estimate of drug-likeness (QED) is 0.558. The third-order valence-corrected chi connectivity index (χ3v) is 4.34. The Hall–Kier alpha value is -3.80. The summed E-state index contributed by atoms with van der Waals surface area (Å²) < 4.78 is 10.6. The number of methoxy groups -OCH3 is 1. The highest BCUT2D eigenvalue weighted by atomic mass is 16.5. The number of aryl methyl sites for hydroxylation is 1. The normalized spacial score (nSPS) is 10.2. The first kappa shape index (κ1) is 20.9. The molecule has 2 amide bonds. The predicted octanol–water partition coefficient (Wildman–Crippen LogP) is 4.28. The van der Waals surface area contributed by atoms with Crippen LogP contribution in [0, 0.1) is 0 Å². The van der Waals surface area contributed by atoms with E-state index in [0.29, 0.717) is 30.0 Å². The number of amides is 2. The second-order valence-electron chi connectivity index (χ2n) is 6.63. The summed E-state index contributed by atoms with van der Waals surface area (Å²) in [6, 6.07) is 23.9. The summed E-state index contributed by atoms with van der Waals surface area (Å²) >= 11 is 0. The zero-order valence-corrected chi connectivity index (χ0v) is 16.8. The largest absolute Gasteiger partial charge is 0.497 e. The summed E-state index contributed by atoms with van der Waals surface area (Å²) in [5.74, 6) is 0.920. The van der Waals surface area contributed by atoms with Gasteiger partial charge in [0.2, 0.25) is 5.91 Å². The van der Waals surface area contributed by atoms with E-state index >= 15 is 0 Å². The van der Waals surface area contributed by atoms with E-state index in [1.165, 1.54) is 0 Å². The Labute approximate surface area is 175 Å². The first-order chi connectivity index (χ1) is 14.6. The molecule has 30 heavy (non-hydrogen) atoms.